The number of ether oxygens (including phenoxy) is 1. The Morgan fingerprint density at radius 3 is 2.62 bits per heavy atom. The van der Waals surface area contributed by atoms with Crippen molar-refractivity contribution >= 4 is 35.0 Å². The number of pyridine rings is 1. The summed E-state index contributed by atoms with van der Waals surface area (Å²) in [6.07, 6.45) is 3.43. The third-order valence-corrected chi connectivity index (χ3v) is 5.70. The number of hydrogen-bond acceptors (Lipinski definition) is 6. The second kappa shape index (κ2) is 10.3. The van der Waals surface area contributed by atoms with Gasteiger partial charge in [0.2, 0.25) is 5.91 Å². The molecule has 7 nitrogen and oxygen atoms in total. The number of hydrogen-bond donors (Lipinski definition) is 1. The maximum atomic E-state index is 12.5. The number of carbonyl (C=O) groups is 1. The molecule has 9 heteroatoms. The average Bonchev–Trinajstić information content (AvgIpc) is 3.24. The number of anilines is 1. The van der Waals surface area contributed by atoms with E-state index in [4.69, 9.17) is 16.3 Å². The van der Waals surface area contributed by atoms with Crippen molar-refractivity contribution in [3.8, 4) is 22.8 Å². The van der Waals surface area contributed by atoms with Crippen molar-refractivity contribution < 1.29 is 9.53 Å². The van der Waals surface area contributed by atoms with E-state index in [0.717, 1.165) is 17.0 Å². The second-order valence-electron chi connectivity index (χ2n) is 6.63. The van der Waals surface area contributed by atoms with Crippen molar-refractivity contribution in [2.75, 3.05) is 17.7 Å². The summed E-state index contributed by atoms with van der Waals surface area (Å²) >= 11 is 7.42. The first kappa shape index (κ1) is 21.9. The third kappa shape index (κ3) is 5.09. The normalized spacial score (nSPS) is 10.7. The number of para-hydroxylation sites is 1. The van der Waals surface area contributed by atoms with Gasteiger partial charge in [0.05, 0.1) is 23.1 Å². The minimum atomic E-state index is -0.188. The zero-order chi connectivity index (χ0) is 22.3. The highest BCUT2D eigenvalue weighted by Gasteiger charge is 2.18. The average molecular weight is 466 g/mol. The fourth-order valence-electron chi connectivity index (χ4n) is 3.02. The van der Waals surface area contributed by atoms with E-state index in [1.807, 2.05) is 60.0 Å². The van der Waals surface area contributed by atoms with E-state index in [9.17, 15) is 4.79 Å². The molecule has 4 aromatic rings. The van der Waals surface area contributed by atoms with Gasteiger partial charge < -0.3 is 10.1 Å². The van der Waals surface area contributed by atoms with Gasteiger partial charge in [0.25, 0.3) is 0 Å². The number of thioether (sulfide) groups is 1. The molecule has 162 valence electrons. The molecule has 0 saturated carbocycles. The molecule has 0 radical (unpaired) electrons. The van der Waals surface area contributed by atoms with Crippen LogP contribution in [0.3, 0.4) is 0 Å². The number of nitrogens with one attached hydrogen (secondary N) is 1. The molecule has 0 spiro atoms. The lowest BCUT2D eigenvalue weighted by Gasteiger charge is -2.11. The van der Waals surface area contributed by atoms with Gasteiger partial charge in [0, 0.05) is 23.6 Å². The summed E-state index contributed by atoms with van der Waals surface area (Å²) in [7, 11) is 0. The van der Waals surface area contributed by atoms with Crippen molar-refractivity contribution in [3.05, 3.63) is 78.1 Å². The maximum absolute atomic E-state index is 12.5. The second-order valence-corrected chi connectivity index (χ2v) is 7.98. The number of amides is 1. The van der Waals surface area contributed by atoms with Gasteiger partial charge in [-0.25, -0.2) is 0 Å². The number of nitrogens with zero attached hydrogens (tertiary/aromatic N) is 4. The Morgan fingerprint density at radius 1 is 1.09 bits per heavy atom. The molecule has 1 N–H and O–H groups in total. The lowest BCUT2D eigenvalue weighted by Crippen LogP contribution is -2.14. The summed E-state index contributed by atoms with van der Waals surface area (Å²) in [5.74, 6) is 1.37. The smallest absolute Gasteiger partial charge is 0.234 e. The van der Waals surface area contributed by atoms with Crippen LogP contribution in [-0.2, 0) is 4.79 Å². The predicted octanol–water partition coefficient (Wildman–Crippen LogP) is 5.11. The molecule has 2 aromatic heterocycles. The van der Waals surface area contributed by atoms with Crippen molar-refractivity contribution in [1.29, 1.82) is 0 Å². The van der Waals surface area contributed by atoms with Crippen LogP contribution in [0.2, 0.25) is 5.02 Å². The molecule has 0 aliphatic heterocycles. The van der Waals surface area contributed by atoms with Gasteiger partial charge in [0.15, 0.2) is 11.0 Å². The lowest BCUT2D eigenvalue weighted by molar-refractivity contribution is -0.113. The van der Waals surface area contributed by atoms with Crippen LogP contribution in [0.15, 0.2) is 78.2 Å². The van der Waals surface area contributed by atoms with E-state index in [0.29, 0.717) is 28.3 Å². The fraction of sp³-hybridized carbons (Fsp3) is 0.130. The van der Waals surface area contributed by atoms with E-state index in [1.54, 1.807) is 24.5 Å². The molecule has 0 unspecified atom stereocenters. The molecule has 2 aromatic carbocycles. The van der Waals surface area contributed by atoms with Crippen molar-refractivity contribution in [3.63, 3.8) is 0 Å². The maximum Gasteiger partial charge on any atom is 0.234 e. The number of aromatic nitrogens is 4. The molecule has 0 aliphatic rings. The summed E-state index contributed by atoms with van der Waals surface area (Å²) in [6, 6.07) is 18.5. The number of benzene rings is 2. The van der Waals surface area contributed by atoms with Crippen molar-refractivity contribution in [1.82, 2.24) is 19.7 Å². The summed E-state index contributed by atoms with van der Waals surface area (Å²) in [4.78, 5) is 16.7. The molecule has 0 saturated heterocycles. The Labute approximate surface area is 194 Å². The fourth-order valence-corrected chi connectivity index (χ4v) is 3.95. The molecule has 0 atom stereocenters. The predicted molar refractivity (Wildman–Crippen MR) is 127 cm³/mol. The van der Waals surface area contributed by atoms with Gasteiger partial charge in [-0.2, -0.15) is 0 Å². The highest BCUT2D eigenvalue weighted by atomic mass is 35.5. The minimum absolute atomic E-state index is 0.146. The topological polar surface area (TPSA) is 81.9 Å². The summed E-state index contributed by atoms with van der Waals surface area (Å²) in [6.45, 7) is 2.53. The zero-order valence-corrected chi connectivity index (χ0v) is 18.8. The van der Waals surface area contributed by atoms with E-state index in [2.05, 4.69) is 20.5 Å². The number of rotatable bonds is 8. The molecule has 32 heavy (non-hydrogen) atoms. The van der Waals surface area contributed by atoms with E-state index in [1.165, 1.54) is 11.8 Å². The van der Waals surface area contributed by atoms with Gasteiger partial charge in [0.1, 0.15) is 5.75 Å². The highest BCUT2D eigenvalue weighted by molar-refractivity contribution is 7.99. The Hall–Kier alpha value is -3.36. The third-order valence-electron chi connectivity index (χ3n) is 4.44. The van der Waals surface area contributed by atoms with Crippen LogP contribution in [0.4, 0.5) is 5.69 Å². The monoisotopic (exact) mass is 465 g/mol. The van der Waals surface area contributed by atoms with Gasteiger partial charge in [-0.1, -0.05) is 35.5 Å². The molecule has 1 amide bonds. The standard InChI is InChI=1S/C23H20ClN5O2S/c1-2-31-18-11-9-17(10-12-18)29-22(16-6-5-13-25-14-16)27-28-23(29)32-15-21(30)26-20-8-4-3-7-19(20)24/h3-14H,2,15H2,1H3,(H,26,30). The van der Waals surface area contributed by atoms with Crippen LogP contribution < -0.4 is 10.1 Å². The minimum Gasteiger partial charge on any atom is -0.494 e. The van der Waals surface area contributed by atoms with Gasteiger partial charge in [-0.3, -0.25) is 14.3 Å². The van der Waals surface area contributed by atoms with Crippen LogP contribution in [0, 0.1) is 0 Å². The Balaban J connectivity index is 1.60. The largest absolute Gasteiger partial charge is 0.494 e. The SMILES string of the molecule is CCOc1ccc(-n2c(SCC(=O)Nc3ccccc3Cl)nnc2-c2cccnc2)cc1. The quantitative estimate of drug-likeness (QED) is 0.364. The van der Waals surface area contributed by atoms with Crippen LogP contribution in [0.5, 0.6) is 5.75 Å². The summed E-state index contributed by atoms with van der Waals surface area (Å²) < 4.78 is 7.45. The lowest BCUT2D eigenvalue weighted by atomic mass is 10.2. The van der Waals surface area contributed by atoms with Gasteiger partial charge in [-0.05, 0) is 55.5 Å². The van der Waals surface area contributed by atoms with Gasteiger partial charge in [-0.15, -0.1) is 10.2 Å². The molecule has 0 aliphatic carbocycles. The van der Waals surface area contributed by atoms with Crippen LogP contribution >= 0.6 is 23.4 Å². The molecule has 0 bridgehead atoms. The van der Waals surface area contributed by atoms with Crippen molar-refractivity contribution in [2.24, 2.45) is 0 Å². The zero-order valence-electron chi connectivity index (χ0n) is 17.2. The van der Waals surface area contributed by atoms with Gasteiger partial charge >= 0.3 is 0 Å². The van der Waals surface area contributed by atoms with Crippen molar-refractivity contribution in [2.45, 2.75) is 12.1 Å². The Bertz CT molecular complexity index is 1200. The Morgan fingerprint density at radius 2 is 1.91 bits per heavy atom. The summed E-state index contributed by atoms with van der Waals surface area (Å²) in [5, 5.41) is 12.6. The molecular formula is C23H20ClN5O2S. The number of halogens is 1. The first-order valence-corrected chi connectivity index (χ1v) is 11.3. The summed E-state index contributed by atoms with van der Waals surface area (Å²) in [5.41, 5.74) is 2.25. The van der Waals surface area contributed by atoms with E-state index < -0.39 is 0 Å². The first-order valence-electron chi connectivity index (χ1n) is 9.92. The Kier molecular flexibility index (Phi) is 7.03. The van der Waals surface area contributed by atoms with E-state index in [-0.39, 0.29) is 11.7 Å². The van der Waals surface area contributed by atoms with Crippen LogP contribution in [0.1, 0.15) is 6.92 Å². The van der Waals surface area contributed by atoms with Crippen LogP contribution in [0.25, 0.3) is 17.1 Å². The van der Waals surface area contributed by atoms with E-state index >= 15 is 0 Å². The molecule has 4 rings (SSSR count). The first-order chi connectivity index (χ1) is 15.7. The molecule has 2 heterocycles. The molecular weight excluding hydrogens is 446 g/mol. The molecule has 0 fully saturated rings. The number of carbonyl (C=O) groups excluding carboxylic acids is 1. The van der Waals surface area contributed by atoms with Crippen LogP contribution in [-0.4, -0.2) is 38.0 Å². The highest BCUT2D eigenvalue weighted by Crippen LogP contribution is 2.29.